The molecule has 4 nitrogen and oxygen atoms in total. The Bertz CT molecular complexity index is 626. The van der Waals surface area contributed by atoms with Crippen LogP contribution in [0.3, 0.4) is 0 Å². The fourth-order valence-corrected chi connectivity index (χ4v) is 1.58. The van der Waals surface area contributed by atoms with Gasteiger partial charge in [0.05, 0.1) is 5.69 Å². The minimum atomic E-state index is -0.433. The monoisotopic (exact) mass is 236 g/mol. The van der Waals surface area contributed by atoms with Gasteiger partial charge in [-0.25, -0.2) is 4.79 Å². The van der Waals surface area contributed by atoms with Crippen LogP contribution in [0.1, 0.15) is 0 Å². The summed E-state index contributed by atoms with van der Waals surface area (Å²) in [4.78, 5) is 24.8. The largest absolute Gasteiger partial charge is 0.328 e. The number of nitrogens with zero attached hydrogens (tertiary/aromatic N) is 1. The highest BCUT2D eigenvalue weighted by atomic mass is 35.5. The van der Waals surface area contributed by atoms with E-state index in [1.54, 1.807) is 31.3 Å². The third-order valence-electron chi connectivity index (χ3n) is 2.30. The number of rotatable bonds is 1. The zero-order valence-electron chi connectivity index (χ0n) is 8.53. The van der Waals surface area contributed by atoms with E-state index in [1.165, 1.54) is 10.6 Å². The average Bonchev–Trinajstić information content (AvgIpc) is 2.25. The molecule has 2 aromatic rings. The second-order valence-corrected chi connectivity index (χ2v) is 3.83. The van der Waals surface area contributed by atoms with Crippen molar-refractivity contribution in [2.75, 3.05) is 0 Å². The first-order chi connectivity index (χ1) is 7.58. The first kappa shape index (κ1) is 10.7. The molecule has 1 N–H and O–H groups in total. The molecule has 1 heterocycles. The fourth-order valence-electron chi connectivity index (χ4n) is 1.45. The Morgan fingerprint density at radius 2 is 1.81 bits per heavy atom. The number of nitrogens with one attached hydrogen (secondary N) is 1. The van der Waals surface area contributed by atoms with Crippen molar-refractivity contribution >= 4 is 11.6 Å². The molecule has 0 unspecified atom stereocenters. The van der Waals surface area contributed by atoms with Crippen molar-refractivity contribution in [3.63, 3.8) is 0 Å². The highest BCUT2D eigenvalue weighted by Gasteiger charge is 2.04. The number of benzene rings is 1. The van der Waals surface area contributed by atoms with Crippen LogP contribution in [-0.4, -0.2) is 9.55 Å². The van der Waals surface area contributed by atoms with E-state index in [1.807, 2.05) is 0 Å². The first-order valence-corrected chi connectivity index (χ1v) is 5.02. The van der Waals surface area contributed by atoms with E-state index in [0.717, 1.165) is 5.56 Å². The highest BCUT2D eigenvalue weighted by Crippen LogP contribution is 2.18. The molecule has 0 aliphatic rings. The number of H-pyrrole nitrogens is 1. The molecule has 0 spiro atoms. The number of hydrogen-bond acceptors (Lipinski definition) is 2. The molecule has 5 heteroatoms. The van der Waals surface area contributed by atoms with Crippen LogP contribution < -0.4 is 11.2 Å². The molecular weight excluding hydrogens is 228 g/mol. The van der Waals surface area contributed by atoms with E-state index in [9.17, 15) is 9.59 Å². The summed E-state index contributed by atoms with van der Waals surface area (Å²) in [5.41, 5.74) is 0.492. The van der Waals surface area contributed by atoms with Crippen molar-refractivity contribution in [1.82, 2.24) is 9.55 Å². The average molecular weight is 237 g/mol. The van der Waals surface area contributed by atoms with Crippen molar-refractivity contribution in [1.29, 1.82) is 0 Å². The van der Waals surface area contributed by atoms with Gasteiger partial charge in [-0.1, -0.05) is 23.7 Å². The van der Waals surface area contributed by atoms with Crippen LogP contribution in [0.4, 0.5) is 0 Å². The van der Waals surface area contributed by atoms with Gasteiger partial charge in [0.25, 0.3) is 5.56 Å². The maximum Gasteiger partial charge on any atom is 0.328 e. The predicted octanol–water partition coefficient (Wildman–Crippen LogP) is 1.39. The van der Waals surface area contributed by atoms with Gasteiger partial charge < -0.3 is 0 Å². The summed E-state index contributed by atoms with van der Waals surface area (Å²) in [5, 5.41) is 0.610. The summed E-state index contributed by atoms with van der Waals surface area (Å²) < 4.78 is 1.38. The molecule has 0 radical (unpaired) electrons. The Hall–Kier alpha value is -1.81. The van der Waals surface area contributed by atoms with Crippen LogP contribution in [0.15, 0.2) is 39.9 Å². The third kappa shape index (κ3) is 1.92. The van der Waals surface area contributed by atoms with Gasteiger partial charge in [-0.05, 0) is 17.7 Å². The Morgan fingerprint density at radius 1 is 1.19 bits per heavy atom. The Balaban J connectivity index is 2.69. The Morgan fingerprint density at radius 3 is 2.44 bits per heavy atom. The molecule has 0 amide bonds. The maximum absolute atomic E-state index is 11.4. The standard InChI is InChI=1S/C11H9ClN2O2/c1-14-9(6-10(15)13-11(14)16)7-2-4-8(12)5-3-7/h2-6H,1H3,(H,13,15,16). The topological polar surface area (TPSA) is 54.9 Å². The Labute approximate surface area is 96.1 Å². The summed E-state index contributed by atoms with van der Waals surface area (Å²) >= 11 is 5.77. The van der Waals surface area contributed by atoms with Gasteiger partial charge in [-0.2, -0.15) is 0 Å². The van der Waals surface area contributed by atoms with Gasteiger partial charge in [-0.3, -0.25) is 14.3 Å². The first-order valence-electron chi connectivity index (χ1n) is 4.64. The summed E-state index contributed by atoms with van der Waals surface area (Å²) in [6.07, 6.45) is 0. The normalized spacial score (nSPS) is 10.4. The summed E-state index contributed by atoms with van der Waals surface area (Å²) in [6, 6.07) is 8.32. The van der Waals surface area contributed by atoms with E-state index in [0.29, 0.717) is 10.7 Å². The SMILES string of the molecule is Cn1c(-c2ccc(Cl)cc2)cc(=O)[nH]c1=O. The molecule has 82 valence electrons. The molecule has 0 saturated heterocycles. The number of aromatic amines is 1. The van der Waals surface area contributed by atoms with Crippen molar-refractivity contribution in [3.05, 3.63) is 56.2 Å². The Kier molecular flexibility index (Phi) is 2.66. The molecule has 0 aliphatic carbocycles. The zero-order chi connectivity index (χ0) is 11.7. The molecule has 0 bridgehead atoms. The zero-order valence-corrected chi connectivity index (χ0v) is 9.28. The lowest BCUT2D eigenvalue weighted by Crippen LogP contribution is -2.28. The number of aromatic nitrogens is 2. The summed E-state index contributed by atoms with van der Waals surface area (Å²) in [6.45, 7) is 0. The van der Waals surface area contributed by atoms with Crippen LogP contribution in [0.5, 0.6) is 0 Å². The minimum absolute atomic E-state index is 0.409. The maximum atomic E-state index is 11.4. The second kappa shape index (κ2) is 3.98. The molecular formula is C11H9ClN2O2. The number of hydrogen-bond donors (Lipinski definition) is 1. The van der Waals surface area contributed by atoms with Crippen molar-refractivity contribution < 1.29 is 0 Å². The molecule has 0 fully saturated rings. The molecule has 2 rings (SSSR count). The summed E-state index contributed by atoms with van der Waals surface area (Å²) in [7, 11) is 1.60. The second-order valence-electron chi connectivity index (χ2n) is 3.39. The lowest BCUT2D eigenvalue weighted by Gasteiger charge is -2.06. The van der Waals surface area contributed by atoms with Crippen molar-refractivity contribution in [3.8, 4) is 11.3 Å². The van der Waals surface area contributed by atoms with Gasteiger partial charge in [-0.15, -0.1) is 0 Å². The van der Waals surface area contributed by atoms with E-state index in [4.69, 9.17) is 11.6 Å². The quantitative estimate of drug-likeness (QED) is 0.814. The lowest BCUT2D eigenvalue weighted by atomic mass is 10.1. The summed E-state index contributed by atoms with van der Waals surface area (Å²) in [5.74, 6) is 0. The van der Waals surface area contributed by atoms with Crippen LogP contribution in [0.2, 0.25) is 5.02 Å². The van der Waals surface area contributed by atoms with E-state index < -0.39 is 11.2 Å². The van der Waals surface area contributed by atoms with Crippen molar-refractivity contribution in [2.45, 2.75) is 0 Å². The van der Waals surface area contributed by atoms with E-state index in [-0.39, 0.29) is 0 Å². The fraction of sp³-hybridized carbons (Fsp3) is 0.0909. The van der Waals surface area contributed by atoms with Gasteiger partial charge in [0.2, 0.25) is 0 Å². The van der Waals surface area contributed by atoms with Gasteiger partial charge in [0.15, 0.2) is 0 Å². The predicted molar refractivity (Wildman–Crippen MR) is 62.7 cm³/mol. The molecule has 0 aliphatic heterocycles. The molecule has 1 aromatic carbocycles. The molecule has 16 heavy (non-hydrogen) atoms. The van der Waals surface area contributed by atoms with Gasteiger partial charge in [0.1, 0.15) is 0 Å². The molecule has 0 saturated carbocycles. The minimum Gasteiger partial charge on any atom is -0.296 e. The number of halogens is 1. The third-order valence-corrected chi connectivity index (χ3v) is 2.56. The van der Waals surface area contributed by atoms with Crippen LogP contribution >= 0.6 is 11.6 Å². The van der Waals surface area contributed by atoms with E-state index in [2.05, 4.69) is 4.98 Å². The smallest absolute Gasteiger partial charge is 0.296 e. The van der Waals surface area contributed by atoms with Gasteiger partial charge >= 0.3 is 5.69 Å². The van der Waals surface area contributed by atoms with E-state index >= 15 is 0 Å². The molecule has 1 aromatic heterocycles. The van der Waals surface area contributed by atoms with Gasteiger partial charge in [0, 0.05) is 18.1 Å². The van der Waals surface area contributed by atoms with Crippen LogP contribution in [0.25, 0.3) is 11.3 Å². The van der Waals surface area contributed by atoms with Crippen LogP contribution in [-0.2, 0) is 7.05 Å². The van der Waals surface area contributed by atoms with Crippen LogP contribution in [0, 0.1) is 0 Å². The highest BCUT2D eigenvalue weighted by molar-refractivity contribution is 6.30. The van der Waals surface area contributed by atoms with Crippen molar-refractivity contribution in [2.24, 2.45) is 7.05 Å². The lowest BCUT2D eigenvalue weighted by molar-refractivity contribution is 0.809. The molecule has 0 atom stereocenters.